The van der Waals surface area contributed by atoms with Crippen molar-refractivity contribution in [3.63, 3.8) is 0 Å². The van der Waals surface area contributed by atoms with Gasteiger partial charge >= 0.3 is 0 Å². The number of rotatable bonds is 8. The van der Waals surface area contributed by atoms with Gasteiger partial charge in [0.25, 0.3) is 0 Å². The van der Waals surface area contributed by atoms with Gasteiger partial charge in [-0.05, 0) is 36.8 Å². The lowest BCUT2D eigenvalue weighted by molar-refractivity contribution is 0.0357. The van der Waals surface area contributed by atoms with Gasteiger partial charge in [0.2, 0.25) is 0 Å². The number of anilines is 3. The molecule has 8 nitrogen and oxygen atoms in total. The molecule has 0 saturated carbocycles. The fourth-order valence-electron chi connectivity index (χ4n) is 3.43. The lowest BCUT2D eigenvalue weighted by Crippen LogP contribution is -2.37. The van der Waals surface area contributed by atoms with E-state index in [0.29, 0.717) is 29.6 Å². The van der Waals surface area contributed by atoms with Gasteiger partial charge in [0.05, 0.1) is 32.4 Å². The predicted molar refractivity (Wildman–Crippen MR) is 118 cm³/mol. The van der Waals surface area contributed by atoms with Gasteiger partial charge < -0.3 is 25.3 Å². The number of fused-ring (bicyclic) bond motifs is 1. The topological polar surface area (TPSA) is 94.8 Å². The van der Waals surface area contributed by atoms with Gasteiger partial charge in [0, 0.05) is 42.5 Å². The lowest BCUT2D eigenvalue weighted by Gasteiger charge is -2.26. The molecule has 2 heterocycles. The van der Waals surface area contributed by atoms with Crippen molar-refractivity contribution in [2.24, 2.45) is 0 Å². The van der Waals surface area contributed by atoms with Crippen molar-refractivity contribution >= 4 is 28.1 Å². The van der Waals surface area contributed by atoms with Crippen LogP contribution in [0.5, 0.6) is 11.5 Å². The summed E-state index contributed by atoms with van der Waals surface area (Å²) >= 11 is 0. The normalized spacial score (nSPS) is 14.6. The van der Waals surface area contributed by atoms with E-state index in [1.807, 2.05) is 36.4 Å². The summed E-state index contributed by atoms with van der Waals surface area (Å²) in [5.74, 6) is 2.04. The molecule has 1 aliphatic heterocycles. The Bertz CT molecular complexity index is 974. The molecule has 0 atom stereocenters. The van der Waals surface area contributed by atoms with Crippen LogP contribution in [0.1, 0.15) is 6.42 Å². The molecule has 2 aromatic carbocycles. The molecule has 3 N–H and O–H groups in total. The van der Waals surface area contributed by atoms with Gasteiger partial charge in [-0.2, -0.15) is 0 Å². The molecule has 0 spiro atoms. The number of nitrogens with zero attached hydrogens (tertiary/aromatic N) is 3. The van der Waals surface area contributed by atoms with Gasteiger partial charge in [-0.25, -0.2) is 9.97 Å². The van der Waals surface area contributed by atoms with E-state index in [1.54, 1.807) is 7.11 Å². The summed E-state index contributed by atoms with van der Waals surface area (Å²) in [5.41, 5.74) is 8.16. The minimum Gasteiger partial charge on any atom is -0.493 e. The maximum atomic E-state index is 6.02. The average molecular weight is 409 g/mol. The number of ether oxygens (including phenoxy) is 3. The average Bonchev–Trinajstić information content (AvgIpc) is 2.78. The number of hydrogen-bond acceptors (Lipinski definition) is 8. The molecule has 1 aromatic heterocycles. The molecule has 0 amide bonds. The van der Waals surface area contributed by atoms with Crippen LogP contribution in [-0.2, 0) is 4.74 Å². The highest BCUT2D eigenvalue weighted by atomic mass is 16.5. The quantitative estimate of drug-likeness (QED) is 0.433. The van der Waals surface area contributed by atoms with Crippen molar-refractivity contribution in [2.75, 3.05) is 57.6 Å². The predicted octanol–water partition coefficient (Wildman–Crippen LogP) is 3.07. The molecule has 3 aromatic rings. The van der Waals surface area contributed by atoms with Crippen molar-refractivity contribution in [2.45, 2.75) is 6.42 Å². The zero-order chi connectivity index (χ0) is 20.8. The number of morpholine rings is 1. The molecule has 0 unspecified atom stereocenters. The van der Waals surface area contributed by atoms with E-state index in [0.717, 1.165) is 55.9 Å². The maximum Gasteiger partial charge on any atom is 0.163 e. The number of nitrogens with one attached hydrogen (secondary N) is 1. The maximum absolute atomic E-state index is 6.02. The largest absolute Gasteiger partial charge is 0.493 e. The molecule has 1 fully saturated rings. The van der Waals surface area contributed by atoms with E-state index < -0.39 is 0 Å². The summed E-state index contributed by atoms with van der Waals surface area (Å²) < 4.78 is 17.0. The molecule has 4 rings (SSSR count). The van der Waals surface area contributed by atoms with Crippen molar-refractivity contribution in [1.82, 2.24) is 14.9 Å². The second kappa shape index (κ2) is 9.60. The van der Waals surface area contributed by atoms with Crippen molar-refractivity contribution in [3.05, 3.63) is 42.7 Å². The van der Waals surface area contributed by atoms with Crippen LogP contribution in [0.25, 0.3) is 10.9 Å². The molecular formula is C22H27N5O3. The van der Waals surface area contributed by atoms with E-state index in [1.165, 1.54) is 6.33 Å². The fraction of sp³-hybridized carbons (Fsp3) is 0.364. The van der Waals surface area contributed by atoms with Crippen LogP contribution < -0.4 is 20.5 Å². The fourth-order valence-corrected chi connectivity index (χ4v) is 3.43. The van der Waals surface area contributed by atoms with E-state index in [4.69, 9.17) is 19.9 Å². The standard InChI is InChI=1S/C22H27N5O3/c1-28-20-13-18-19(14-21(20)30-10-2-7-27-8-11-29-12-9-27)24-15-25-22(18)26-17-5-3-16(23)4-6-17/h3-6,13-15H,2,7-12,23H2,1H3,(H,24,25,26). The van der Waals surface area contributed by atoms with E-state index >= 15 is 0 Å². The van der Waals surface area contributed by atoms with Crippen molar-refractivity contribution in [3.8, 4) is 11.5 Å². The Balaban J connectivity index is 1.47. The first-order valence-electron chi connectivity index (χ1n) is 10.1. The first-order chi connectivity index (χ1) is 14.7. The first-order valence-corrected chi connectivity index (χ1v) is 10.1. The van der Waals surface area contributed by atoms with Crippen LogP contribution in [0.15, 0.2) is 42.7 Å². The molecule has 30 heavy (non-hydrogen) atoms. The van der Waals surface area contributed by atoms with E-state index in [-0.39, 0.29) is 0 Å². The first kappa shape index (κ1) is 20.2. The Labute approximate surface area is 176 Å². The van der Waals surface area contributed by atoms with E-state index in [2.05, 4.69) is 20.2 Å². The van der Waals surface area contributed by atoms with Crippen molar-refractivity contribution in [1.29, 1.82) is 0 Å². The third kappa shape index (κ3) is 4.90. The van der Waals surface area contributed by atoms with E-state index in [9.17, 15) is 0 Å². The number of nitrogens with two attached hydrogens (primary N) is 1. The molecule has 8 heteroatoms. The van der Waals surface area contributed by atoms with Crippen LogP contribution in [0.2, 0.25) is 0 Å². The highest BCUT2D eigenvalue weighted by Crippen LogP contribution is 2.34. The second-order valence-corrected chi connectivity index (χ2v) is 7.15. The summed E-state index contributed by atoms with van der Waals surface area (Å²) in [6.07, 6.45) is 2.48. The number of nitrogen functional groups attached to an aromatic ring is 1. The van der Waals surface area contributed by atoms with Crippen LogP contribution in [0.4, 0.5) is 17.2 Å². The number of hydrogen-bond donors (Lipinski definition) is 2. The van der Waals surface area contributed by atoms with Gasteiger partial charge in [-0.3, -0.25) is 4.90 Å². The zero-order valence-corrected chi connectivity index (χ0v) is 17.1. The minimum atomic E-state index is 0.612. The Hall–Kier alpha value is -3.10. The summed E-state index contributed by atoms with van der Waals surface area (Å²) in [7, 11) is 1.64. The van der Waals surface area contributed by atoms with Crippen LogP contribution in [-0.4, -0.2) is 61.4 Å². The number of methoxy groups -OCH3 is 1. The molecule has 1 aliphatic rings. The molecular weight excluding hydrogens is 382 g/mol. The third-order valence-corrected chi connectivity index (χ3v) is 5.07. The Morgan fingerprint density at radius 2 is 1.90 bits per heavy atom. The summed E-state index contributed by atoms with van der Waals surface area (Å²) in [6.45, 7) is 5.20. The lowest BCUT2D eigenvalue weighted by atomic mass is 10.2. The molecule has 0 radical (unpaired) electrons. The Kier molecular flexibility index (Phi) is 6.46. The van der Waals surface area contributed by atoms with Crippen molar-refractivity contribution < 1.29 is 14.2 Å². The monoisotopic (exact) mass is 409 g/mol. The van der Waals surface area contributed by atoms with Crippen LogP contribution in [0, 0.1) is 0 Å². The van der Waals surface area contributed by atoms with Crippen LogP contribution >= 0.6 is 0 Å². The smallest absolute Gasteiger partial charge is 0.163 e. The highest BCUT2D eigenvalue weighted by Gasteiger charge is 2.13. The number of benzene rings is 2. The van der Waals surface area contributed by atoms with Gasteiger partial charge in [-0.1, -0.05) is 0 Å². The summed E-state index contributed by atoms with van der Waals surface area (Å²) in [6, 6.07) is 11.3. The summed E-state index contributed by atoms with van der Waals surface area (Å²) in [4.78, 5) is 11.2. The zero-order valence-electron chi connectivity index (χ0n) is 17.1. The second-order valence-electron chi connectivity index (χ2n) is 7.15. The number of aromatic nitrogens is 2. The Morgan fingerprint density at radius 3 is 2.67 bits per heavy atom. The van der Waals surface area contributed by atoms with Crippen LogP contribution in [0.3, 0.4) is 0 Å². The van der Waals surface area contributed by atoms with Gasteiger partial charge in [0.15, 0.2) is 11.5 Å². The molecule has 0 aliphatic carbocycles. The summed E-state index contributed by atoms with van der Waals surface area (Å²) in [5, 5.41) is 4.17. The molecule has 1 saturated heterocycles. The van der Waals surface area contributed by atoms with Gasteiger partial charge in [0.1, 0.15) is 12.1 Å². The van der Waals surface area contributed by atoms with Gasteiger partial charge in [-0.15, -0.1) is 0 Å². The molecule has 158 valence electrons. The Morgan fingerprint density at radius 1 is 1.10 bits per heavy atom. The SMILES string of the molecule is COc1cc2c(Nc3ccc(N)cc3)ncnc2cc1OCCCN1CCOCC1. The highest BCUT2D eigenvalue weighted by molar-refractivity contribution is 5.93. The third-order valence-electron chi connectivity index (χ3n) is 5.07. The molecule has 0 bridgehead atoms. The minimum absolute atomic E-state index is 0.612.